The fraction of sp³-hybridized carbons (Fsp3) is 0.0476. The van der Waals surface area contributed by atoms with Crippen molar-refractivity contribution in [2.75, 3.05) is 5.32 Å². The number of fused-ring (bicyclic) bond motifs is 2. The van der Waals surface area contributed by atoms with Crippen molar-refractivity contribution in [1.82, 2.24) is 14.8 Å². The van der Waals surface area contributed by atoms with Gasteiger partial charge in [-0.3, -0.25) is 0 Å². The second-order valence-electron chi connectivity index (χ2n) is 6.25. The Bertz CT molecular complexity index is 1120. The quantitative estimate of drug-likeness (QED) is 0.539. The molecule has 0 fully saturated rings. The summed E-state index contributed by atoms with van der Waals surface area (Å²) in [6.45, 7) is 0. The van der Waals surface area contributed by atoms with Gasteiger partial charge in [0, 0.05) is 10.7 Å². The van der Waals surface area contributed by atoms with Gasteiger partial charge in [0.1, 0.15) is 12.4 Å². The van der Waals surface area contributed by atoms with Gasteiger partial charge in [-0.1, -0.05) is 66.2 Å². The minimum Gasteiger partial charge on any atom is -0.324 e. The van der Waals surface area contributed by atoms with Crippen LogP contribution in [0.25, 0.3) is 16.5 Å². The second-order valence-corrected chi connectivity index (χ2v) is 6.69. The number of nitrogens with zero attached hydrogens (tertiary/aromatic N) is 3. The Kier molecular flexibility index (Phi) is 3.50. The Balaban J connectivity index is 1.70. The monoisotopic (exact) mass is 358 g/mol. The number of hydrogen-bond donors (Lipinski definition) is 1. The van der Waals surface area contributed by atoms with Crippen LogP contribution in [0.1, 0.15) is 17.2 Å². The first-order valence-electron chi connectivity index (χ1n) is 8.41. The second kappa shape index (κ2) is 6.00. The number of aromatic nitrogens is 3. The molecule has 4 aromatic rings. The minimum absolute atomic E-state index is 0.0365. The van der Waals surface area contributed by atoms with Gasteiger partial charge in [-0.25, -0.2) is 4.68 Å². The van der Waals surface area contributed by atoms with Gasteiger partial charge >= 0.3 is 0 Å². The lowest BCUT2D eigenvalue weighted by Crippen LogP contribution is -2.20. The van der Waals surface area contributed by atoms with E-state index in [4.69, 9.17) is 11.6 Å². The van der Waals surface area contributed by atoms with Crippen LogP contribution in [-0.4, -0.2) is 14.8 Å². The maximum Gasteiger partial charge on any atom is 0.226 e. The molecule has 1 N–H and O–H groups in total. The molecule has 0 spiro atoms. The summed E-state index contributed by atoms with van der Waals surface area (Å²) in [5.74, 6) is 0.732. The Morgan fingerprint density at radius 1 is 0.923 bits per heavy atom. The molecule has 0 saturated carbocycles. The highest BCUT2D eigenvalue weighted by Crippen LogP contribution is 2.35. The summed E-state index contributed by atoms with van der Waals surface area (Å²) >= 11 is 6.04. The van der Waals surface area contributed by atoms with E-state index < -0.39 is 0 Å². The molecule has 0 radical (unpaired) electrons. The van der Waals surface area contributed by atoms with Crippen molar-refractivity contribution in [2.24, 2.45) is 0 Å². The fourth-order valence-electron chi connectivity index (χ4n) is 3.46. The van der Waals surface area contributed by atoms with Gasteiger partial charge in [-0.15, -0.1) is 0 Å². The van der Waals surface area contributed by atoms with Gasteiger partial charge in [0.05, 0.1) is 0 Å². The molecule has 2 heterocycles. The van der Waals surface area contributed by atoms with E-state index >= 15 is 0 Å². The molecule has 1 unspecified atom stereocenters. The van der Waals surface area contributed by atoms with Crippen molar-refractivity contribution in [3.63, 3.8) is 0 Å². The van der Waals surface area contributed by atoms with Crippen LogP contribution in [0.2, 0.25) is 5.02 Å². The van der Waals surface area contributed by atoms with E-state index in [-0.39, 0.29) is 6.04 Å². The van der Waals surface area contributed by atoms with Gasteiger partial charge in [0.2, 0.25) is 5.95 Å². The Morgan fingerprint density at radius 2 is 1.73 bits per heavy atom. The summed E-state index contributed by atoms with van der Waals surface area (Å²) in [6, 6.07) is 22.6. The lowest BCUT2D eigenvalue weighted by Gasteiger charge is -2.25. The number of nitrogens with one attached hydrogen (secondary N) is 1. The molecular formula is C21H15ClN4. The maximum atomic E-state index is 6.04. The summed E-state index contributed by atoms with van der Waals surface area (Å²) < 4.78 is 1.92. The topological polar surface area (TPSA) is 42.7 Å². The van der Waals surface area contributed by atoms with Crippen LogP contribution in [0.15, 0.2) is 79.1 Å². The number of hydrogen-bond acceptors (Lipinski definition) is 3. The zero-order valence-electron chi connectivity index (χ0n) is 13.8. The zero-order chi connectivity index (χ0) is 17.5. The summed E-state index contributed by atoms with van der Waals surface area (Å²) in [6.07, 6.45) is 3.77. The predicted molar refractivity (Wildman–Crippen MR) is 105 cm³/mol. The van der Waals surface area contributed by atoms with Crippen molar-refractivity contribution in [3.05, 3.63) is 95.3 Å². The van der Waals surface area contributed by atoms with Gasteiger partial charge in [0.15, 0.2) is 0 Å². The van der Waals surface area contributed by atoms with Crippen LogP contribution in [0.3, 0.4) is 0 Å². The number of benzene rings is 3. The molecule has 1 atom stereocenters. The van der Waals surface area contributed by atoms with Crippen LogP contribution in [0.4, 0.5) is 5.95 Å². The van der Waals surface area contributed by atoms with Crippen LogP contribution in [0.5, 0.6) is 0 Å². The summed E-state index contributed by atoms with van der Waals surface area (Å²) in [5.41, 5.74) is 3.26. The van der Waals surface area contributed by atoms with E-state index in [1.54, 1.807) is 6.33 Å². The van der Waals surface area contributed by atoms with Crippen molar-refractivity contribution >= 4 is 34.0 Å². The fourth-order valence-corrected chi connectivity index (χ4v) is 3.59. The molecule has 5 heteroatoms. The highest BCUT2D eigenvalue weighted by atomic mass is 35.5. The SMILES string of the molecule is Clc1ccc(C2=CC(c3cccc4ccccc34)n3ncnc3N2)cc1. The predicted octanol–water partition coefficient (Wildman–Crippen LogP) is 5.14. The van der Waals surface area contributed by atoms with Gasteiger partial charge < -0.3 is 5.32 Å². The molecule has 3 aromatic carbocycles. The average molecular weight is 359 g/mol. The Hall–Kier alpha value is -3.11. The summed E-state index contributed by atoms with van der Waals surface area (Å²) in [4.78, 5) is 4.38. The first-order chi connectivity index (χ1) is 12.8. The molecule has 5 rings (SSSR count). The van der Waals surface area contributed by atoms with Gasteiger partial charge in [-0.05, 0) is 40.1 Å². The highest BCUT2D eigenvalue weighted by molar-refractivity contribution is 6.30. The van der Waals surface area contributed by atoms with E-state index in [0.717, 1.165) is 22.2 Å². The Labute approximate surface area is 155 Å². The lowest BCUT2D eigenvalue weighted by molar-refractivity contribution is 0.615. The molecule has 126 valence electrons. The number of allylic oxidation sites excluding steroid dienone is 1. The van der Waals surface area contributed by atoms with E-state index in [0.29, 0.717) is 0 Å². The molecule has 4 nitrogen and oxygen atoms in total. The lowest BCUT2D eigenvalue weighted by atomic mass is 9.96. The molecule has 26 heavy (non-hydrogen) atoms. The van der Waals surface area contributed by atoms with Crippen LogP contribution in [-0.2, 0) is 0 Å². The molecular weight excluding hydrogens is 344 g/mol. The van der Waals surface area contributed by atoms with Crippen LogP contribution < -0.4 is 5.32 Å². The van der Waals surface area contributed by atoms with Crippen molar-refractivity contribution in [3.8, 4) is 0 Å². The molecule has 0 bridgehead atoms. The summed E-state index contributed by atoms with van der Waals surface area (Å²) in [7, 11) is 0. The summed E-state index contributed by atoms with van der Waals surface area (Å²) in [5, 5.41) is 11.0. The first-order valence-corrected chi connectivity index (χ1v) is 8.79. The zero-order valence-corrected chi connectivity index (χ0v) is 14.6. The van der Waals surface area contributed by atoms with Crippen molar-refractivity contribution in [2.45, 2.75) is 6.04 Å². The van der Waals surface area contributed by atoms with Crippen molar-refractivity contribution in [1.29, 1.82) is 0 Å². The Morgan fingerprint density at radius 3 is 2.62 bits per heavy atom. The average Bonchev–Trinajstić information content (AvgIpc) is 3.16. The molecule has 0 aliphatic carbocycles. The van der Waals surface area contributed by atoms with Crippen molar-refractivity contribution < 1.29 is 0 Å². The molecule has 1 aromatic heterocycles. The largest absolute Gasteiger partial charge is 0.324 e. The molecule has 0 saturated heterocycles. The van der Waals surface area contributed by atoms with E-state index in [1.165, 1.54) is 16.3 Å². The molecule has 0 amide bonds. The van der Waals surface area contributed by atoms with E-state index in [9.17, 15) is 0 Å². The normalized spacial score (nSPS) is 16.0. The van der Waals surface area contributed by atoms with Crippen LogP contribution >= 0.6 is 11.6 Å². The smallest absolute Gasteiger partial charge is 0.226 e. The number of anilines is 1. The number of halogens is 1. The third-order valence-electron chi connectivity index (χ3n) is 4.70. The minimum atomic E-state index is -0.0365. The third-order valence-corrected chi connectivity index (χ3v) is 4.96. The molecule has 1 aliphatic rings. The van der Waals surface area contributed by atoms with Crippen LogP contribution in [0, 0.1) is 0 Å². The van der Waals surface area contributed by atoms with E-state index in [2.05, 4.69) is 63.9 Å². The third kappa shape index (κ3) is 2.47. The van der Waals surface area contributed by atoms with E-state index in [1.807, 2.05) is 28.9 Å². The first kappa shape index (κ1) is 15.2. The highest BCUT2D eigenvalue weighted by Gasteiger charge is 2.24. The van der Waals surface area contributed by atoms with Gasteiger partial charge in [-0.2, -0.15) is 10.1 Å². The standard InChI is InChI=1S/C21H15ClN4/c22-16-10-8-15(9-11-16)19-12-20(26-21(25-19)23-13-24-26)18-7-3-5-14-4-1-2-6-17(14)18/h1-13,20H,(H,23,24,25). The van der Waals surface area contributed by atoms with Gasteiger partial charge in [0.25, 0.3) is 0 Å². The maximum absolute atomic E-state index is 6.04. The number of rotatable bonds is 2. The molecule has 1 aliphatic heterocycles.